The summed E-state index contributed by atoms with van der Waals surface area (Å²) in [4.78, 5) is 22.9. The van der Waals surface area contributed by atoms with Crippen molar-refractivity contribution in [3.8, 4) is 11.8 Å². The molecule has 0 aromatic heterocycles. The standard InChI is InChI=1S/C18H22O5/c1-21-17(19)16(18(20)22-2)12-8-3-4-9-13-23-14-15-10-6-5-7-11-15/h5-7,10-11,16H,3,8,12-14H2,1-2H3. The summed E-state index contributed by atoms with van der Waals surface area (Å²) in [6.45, 7) is 0.884. The van der Waals surface area contributed by atoms with Gasteiger partial charge in [-0.25, -0.2) is 0 Å². The van der Waals surface area contributed by atoms with Gasteiger partial charge in [-0.15, -0.1) is 5.92 Å². The van der Waals surface area contributed by atoms with E-state index in [0.717, 1.165) is 5.56 Å². The summed E-state index contributed by atoms with van der Waals surface area (Å²) in [6, 6.07) is 9.87. The molecule has 1 aromatic carbocycles. The number of esters is 2. The molecule has 0 radical (unpaired) electrons. The molecule has 1 rings (SSSR count). The molecular weight excluding hydrogens is 296 g/mol. The van der Waals surface area contributed by atoms with Gasteiger partial charge in [0, 0.05) is 6.42 Å². The number of unbranched alkanes of at least 4 members (excludes halogenated alkanes) is 1. The van der Waals surface area contributed by atoms with Crippen molar-refractivity contribution in [3.05, 3.63) is 35.9 Å². The highest BCUT2D eigenvalue weighted by Gasteiger charge is 2.27. The molecule has 0 N–H and O–H groups in total. The summed E-state index contributed by atoms with van der Waals surface area (Å²) in [5.41, 5.74) is 1.10. The summed E-state index contributed by atoms with van der Waals surface area (Å²) in [5, 5.41) is 0. The lowest BCUT2D eigenvalue weighted by Crippen LogP contribution is -2.26. The number of benzene rings is 1. The fraction of sp³-hybridized carbons (Fsp3) is 0.444. The van der Waals surface area contributed by atoms with Crippen LogP contribution in [0.5, 0.6) is 0 Å². The topological polar surface area (TPSA) is 61.8 Å². The fourth-order valence-corrected chi connectivity index (χ4v) is 1.94. The molecule has 5 heteroatoms. The van der Waals surface area contributed by atoms with Gasteiger partial charge in [0.1, 0.15) is 6.61 Å². The molecule has 0 amide bonds. The largest absolute Gasteiger partial charge is 0.468 e. The second-order valence-corrected chi connectivity index (χ2v) is 4.82. The number of hydrogen-bond donors (Lipinski definition) is 0. The van der Waals surface area contributed by atoms with E-state index in [1.807, 2.05) is 30.3 Å². The van der Waals surface area contributed by atoms with Crippen molar-refractivity contribution >= 4 is 11.9 Å². The first-order chi connectivity index (χ1) is 11.2. The summed E-state index contributed by atoms with van der Waals surface area (Å²) in [7, 11) is 2.50. The summed E-state index contributed by atoms with van der Waals surface area (Å²) >= 11 is 0. The van der Waals surface area contributed by atoms with Crippen molar-refractivity contribution in [1.29, 1.82) is 0 Å². The molecule has 0 aliphatic heterocycles. The average molecular weight is 318 g/mol. The van der Waals surface area contributed by atoms with Crippen LogP contribution in [0.1, 0.15) is 24.8 Å². The van der Waals surface area contributed by atoms with Crippen LogP contribution < -0.4 is 0 Å². The third-order valence-corrected chi connectivity index (χ3v) is 3.18. The first-order valence-electron chi connectivity index (χ1n) is 7.42. The maximum Gasteiger partial charge on any atom is 0.320 e. The Morgan fingerprint density at radius 1 is 1.04 bits per heavy atom. The summed E-state index contributed by atoms with van der Waals surface area (Å²) in [6.07, 6.45) is 1.55. The van der Waals surface area contributed by atoms with Gasteiger partial charge in [0.25, 0.3) is 0 Å². The fourth-order valence-electron chi connectivity index (χ4n) is 1.94. The van der Waals surface area contributed by atoms with Gasteiger partial charge in [0.15, 0.2) is 5.92 Å². The van der Waals surface area contributed by atoms with Crippen LogP contribution in [-0.2, 0) is 30.4 Å². The zero-order chi connectivity index (χ0) is 16.9. The van der Waals surface area contributed by atoms with Crippen molar-refractivity contribution in [2.24, 2.45) is 5.92 Å². The molecule has 124 valence electrons. The van der Waals surface area contributed by atoms with E-state index in [1.165, 1.54) is 14.2 Å². The van der Waals surface area contributed by atoms with E-state index in [4.69, 9.17) is 4.74 Å². The van der Waals surface area contributed by atoms with Gasteiger partial charge in [-0.3, -0.25) is 9.59 Å². The molecule has 23 heavy (non-hydrogen) atoms. The Morgan fingerprint density at radius 3 is 2.30 bits per heavy atom. The number of carbonyl (C=O) groups excluding carboxylic acids is 2. The predicted molar refractivity (Wildman–Crippen MR) is 85.2 cm³/mol. The molecule has 0 saturated heterocycles. The van der Waals surface area contributed by atoms with Crippen LogP contribution in [0.4, 0.5) is 0 Å². The Hall–Kier alpha value is -2.32. The minimum absolute atomic E-state index is 0.353. The molecule has 1 aromatic rings. The van der Waals surface area contributed by atoms with Crippen LogP contribution in [0.3, 0.4) is 0 Å². The van der Waals surface area contributed by atoms with E-state index in [2.05, 4.69) is 21.3 Å². The average Bonchev–Trinajstić information content (AvgIpc) is 2.60. The molecule has 0 saturated carbocycles. The highest BCUT2D eigenvalue weighted by Crippen LogP contribution is 2.12. The smallest absolute Gasteiger partial charge is 0.320 e. The molecule has 0 bridgehead atoms. The van der Waals surface area contributed by atoms with Crippen LogP contribution in [0, 0.1) is 17.8 Å². The third kappa shape index (κ3) is 7.48. The molecule has 5 nitrogen and oxygen atoms in total. The summed E-state index contributed by atoms with van der Waals surface area (Å²) < 4.78 is 14.6. The maximum absolute atomic E-state index is 11.5. The van der Waals surface area contributed by atoms with Crippen molar-refractivity contribution in [2.75, 3.05) is 20.8 Å². The summed E-state index contributed by atoms with van der Waals surface area (Å²) in [5.74, 6) is 3.85. The number of ether oxygens (including phenoxy) is 3. The van der Waals surface area contributed by atoms with Gasteiger partial charge >= 0.3 is 11.9 Å². The van der Waals surface area contributed by atoms with Crippen LogP contribution in [0.25, 0.3) is 0 Å². The zero-order valence-electron chi connectivity index (χ0n) is 13.5. The normalized spacial score (nSPS) is 9.87. The quantitative estimate of drug-likeness (QED) is 0.319. The molecule has 0 unspecified atom stereocenters. The van der Waals surface area contributed by atoms with Gasteiger partial charge in [-0.1, -0.05) is 36.3 Å². The SMILES string of the molecule is COC(=O)C(CCCC#CCOCc1ccccc1)C(=O)OC. The van der Waals surface area contributed by atoms with Gasteiger partial charge in [0.05, 0.1) is 20.8 Å². The van der Waals surface area contributed by atoms with Crippen molar-refractivity contribution in [3.63, 3.8) is 0 Å². The first kappa shape index (κ1) is 18.7. The van der Waals surface area contributed by atoms with Gasteiger partial charge in [-0.05, 0) is 18.4 Å². The van der Waals surface area contributed by atoms with Crippen molar-refractivity contribution < 1.29 is 23.8 Å². The number of hydrogen-bond acceptors (Lipinski definition) is 5. The lowest BCUT2D eigenvalue weighted by Gasteiger charge is -2.10. The Kier molecular flexibility index (Phi) is 9.18. The number of carbonyl (C=O) groups is 2. The molecule has 0 aliphatic rings. The minimum atomic E-state index is -0.874. The maximum atomic E-state index is 11.5. The monoisotopic (exact) mass is 318 g/mol. The molecule has 0 atom stereocenters. The third-order valence-electron chi connectivity index (χ3n) is 3.18. The highest BCUT2D eigenvalue weighted by molar-refractivity contribution is 5.94. The van der Waals surface area contributed by atoms with Crippen LogP contribution >= 0.6 is 0 Å². The molecule has 0 heterocycles. The van der Waals surface area contributed by atoms with Crippen LogP contribution in [0.2, 0.25) is 0 Å². The molecule has 0 spiro atoms. The second-order valence-electron chi connectivity index (χ2n) is 4.82. The van der Waals surface area contributed by atoms with E-state index in [0.29, 0.717) is 32.5 Å². The first-order valence-corrected chi connectivity index (χ1v) is 7.42. The predicted octanol–water partition coefficient (Wildman–Crippen LogP) is 2.34. The molecule has 0 aliphatic carbocycles. The highest BCUT2D eigenvalue weighted by atomic mass is 16.5. The Morgan fingerprint density at radius 2 is 1.70 bits per heavy atom. The van der Waals surface area contributed by atoms with E-state index in [-0.39, 0.29) is 0 Å². The van der Waals surface area contributed by atoms with Gasteiger partial charge < -0.3 is 14.2 Å². The van der Waals surface area contributed by atoms with E-state index >= 15 is 0 Å². The second kappa shape index (κ2) is 11.3. The lowest BCUT2D eigenvalue weighted by atomic mass is 10.0. The number of methoxy groups -OCH3 is 2. The number of rotatable bonds is 8. The minimum Gasteiger partial charge on any atom is -0.468 e. The van der Waals surface area contributed by atoms with Gasteiger partial charge in [-0.2, -0.15) is 0 Å². The van der Waals surface area contributed by atoms with E-state index < -0.39 is 17.9 Å². The van der Waals surface area contributed by atoms with E-state index in [1.54, 1.807) is 0 Å². The Balaban J connectivity index is 2.21. The zero-order valence-corrected chi connectivity index (χ0v) is 13.5. The Bertz CT molecular complexity index is 526. The van der Waals surface area contributed by atoms with E-state index in [9.17, 15) is 9.59 Å². The Labute approximate surface area is 136 Å². The molecule has 0 fully saturated rings. The van der Waals surface area contributed by atoms with Crippen LogP contribution in [-0.4, -0.2) is 32.8 Å². The molecular formula is C18H22O5. The van der Waals surface area contributed by atoms with Crippen LogP contribution in [0.15, 0.2) is 30.3 Å². The van der Waals surface area contributed by atoms with Crippen molar-refractivity contribution in [2.45, 2.75) is 25.9 Å². The van der Waals surface area contributed by atoms with Crippen molar-refractivity contribution in [1.82, 2.24) is 0 Å². The lowest BCUT2D eigenvalue weighted by molar-refractivity contribution is -0.159. The van der Waals surface area contributed by atoms with Gasteiger partial charge in [0.2, 0.25) is 0 Å².